The van der Waals surface area contributed by atoms with Crippen molar-refractivity contribution >= 4 is 23.0 Å². The van der Waals surface area contributed by atoms with Gasteiger partial charge in [0, 0.05) is 11.9 Å². The molecule has 1 aromatic heterocycles. The Bertz CT molecular complexity index is 700. The number of benzene rings is 1. The Balaban J connectivity index is 2.21. The molecule has 2 N–H and O–H groups in total. The number of rotatable bonds is 6. The van der Waals surface area contributed by atoms with Crippen LogP contribution < -0.4 is 10.2 Å². The molecule has 0 aliphatic heterocycles. The van der Waals surface area contributed by atoms with Crippen LogP contribution in [0.15, 0.2) is 42.6 Å². The number of pyridine rings is 1. The molecular formula is C20H29N4S+. The summed E-state index contributed by atoms with van der Waals surface area (Å²) in [6.07, 6.45) is 1.84. The van der Waals surface area contributed by atoms with E-state index in [0.717, 1.165) is 29.6 Å². The van der Waals surface area contributed by atoms with E-state index in [1.165, 1.54) is 16.0 Å². The fraction of sp³-hybridized carbons (Fsp3) is 0.400. The van der Waals surface area contributed by atoms with E-state index >= 15 is 0 Å². The molecule has 5 heteroatoms. The first-order valence-electron chi connectivity index (χ1n) is 8.73. The van der Waals surface area contributed by atoms with E-state index in [0.29, 0.717) is 0 Å². The lowest BCUT2D eigenvalue weighted by Crippen LogP contribution is -3.06. The van der Waals surface area contributed by atoms with Crippen LogP contribution in [0.5, 0.6) is 0 Å². The maximum Gasteiger partial charge on any atom is 0.174 e. The lowest BCUT2D eigenvalue weighted by Gasteiger charge is -2.32. The van der Waals surface area contributed by atoms with E-state index in [2.05, 4.69) is 74.3 Å². The van der Waals surface area contributed by atoms with Crippen molar-refractivity contribution in [2.45, 2.75) is 26.8 Å². The van der Waals surface area contributed by atoms with Crippen molar-refractivity contribution in [1.29, 1.82) is 0 Å². The molecule has 0 saturated heterocycles. The number of likely N-dealkylation sites (N-methyl/N-ethyl adjacent to an activating group) is 1. The van der Waals surface area contributed by atoms with Crippen LogP contribution in [0.1, 0.15) is 29.8 Å². The highest BCUT2D eigenvalue weighted by Crippen LogP contribution is 2.21. The Morgan fingerprint density at radius 2 is 2.00 bits per heavy atom. The molecule has 0 saturated carbocycles. The highest BCUT2D eigenvalue weighted by molar-refractivity contribution is 7.80. The molecule has 0 bridgehead atoms. The van der Waals surface area contributed by atoms with Gasteiger partial charge in [0.2, 0.25) is 0 Å². The summed E-state index contributed by atoms with van der Waals surface area (Å²) in [5.74, 6) is 0. The van der Waals surface area contributed by atoms with Crippen LogP contribution in [0, 0.1) is 13.8 Å². The van der Waals surface area contributed by atoms with Gasteiger partial charge in [0.15, 0.2) is 5.11 Å². The van der Waals surface area contributed by atoms with Crippen LogP contribution in [0.2, 0.25) is 0 Å². The van der Waals surface area contributed by atoms with Crippen LogP contribution in [-0.2, 0) is 0 Å². The maximum atomic E-state index is 5.77. The van der Waals surface area contributed by atoms with Crippen LogP contribution in [0.4, 0.5) is 5.69 Å². The fourth-order valence-electron chi connectivity index (χ4n) is 2.66. The smallest absolute Gasteiger partial charge is 0.174 e. The summed E-state index contributed by atoms with van der Waals surface area (Å²) in [6, 6.07) is 12.5. The van der Waals surface area contributed by atoms with Crippen molar-refractivity contribution in [2.75, 3.05) is 32.5 Å². The molecule has 1 unspecified atom stereocenters. The zero-order chi connectivity index (χ0) is 18.4. The maximum absolute atomic E-state index is 5.77. The first kappa shape index (κ1) is 19.3. The van der Waals surface area contributed by atoms with E-state index in [1.807, 2.05) is 18.3 Å². The normalized spacial score (nSPS) is 12.1. The first-order valence-corrected chi connectivity index (χ1v) is 9.14. The number of aromatic nitrogens is 1. The van der Waals surface area contributed by atoms with E-state index in [9.17, 15) is 0 Å². The molecule has 2 rings (SSSR count). The van der Waals surface area contributed by atoms with E-state index in [1.54, 1.807) is 0 Å². The van der Waals surface area contributed by atoms with Gasteiger partial charge in [-0.2, -0.15) is 0 Å². The van der Waals surface area contributed by atoms with Gasteiger partial charge >= 0.3 is 0 Å². The zero-order valence-corrected chi connectivity index (χ0v) is 16.7. The summed E-state index contributed by atoms with van der Waals surface area (Å²) >= 11 is 5.77. The largest absolute Gasteiger partial charge is 0.338 e. The molecule has 134 valence electrons. The molecular weight excluding hydrogens is 328 g/mol. The number of hydrogen-bond acceptors (Lipinski definition) is 2. The summed E-state index contributed by atoms with van der Waals surface area (Å²) in [7, 11) is 4.32. The number of nitrogens with zero attached hydrogens (tertiary/aromatic N) is 2. The zero-order valence-electron chi connectivity index (χ0n) is 15.8. The van der Waals surface area contributed by atoms with Gasteiger partial charge < -0.3 is 15.1 Å². The quantitative estimate of drug-likeness (QED) is 0.779. The third-order valence-corrected chi connectivity index (χ3v) is 4.67. The van der Waals surface area contributed by atoms with Gasteiger partial charge in [0.05, 0.1) is 38.9 Å². The van der Waals surface area contributed by atoms with E-state index in [-0.39, 0.29) is 6.04 Å². The van der Waals surface area contributed by atoms with Crippen molar-refractivity contribution < 1.29 is 4.90 Å². The van der Waals surface area contributed by atoms with Crippen LogP contribution >= 0.6 is 12.2 Å². The number of thiocarbonyl (C=S) groups is 1. The van der Waals surface area contributed by atoms with Crippen molar-refractivity contribution in [3.05, 3.63) is 59.4 Å². The molecule has 0 aliphatic rings. The summed E-state index contributed by atoms with van der Waals surface area (Å²) in [6.45, 7) is 8.23. The molecule has 25 heavy (non-hydrogen) atoms. The Morgan fingerprint density at radius 1 is 1.24 bits per heavy atom. The topological polar surface area (TPSA) is 32.6 Å². The molecule has 0 amide bonds. The molecule has 0 radical (unpaired) electrons. The number of aryl methyl sites for hydroxylation is 2. The molecule has 4 nitrogen and oxygen atoms in total. The molecule has 0 spiro atoms. The highest BCUT2D eigenvalue weighted by atomic mass is 32.1. The highest BCUT2D eigenvalue weighted by Gasteiger charge is 2.21. The number of anilines is 1. The number of nitrogens with one attached hydrogen (secondary N) is 2. The van der Waals surface area contributed by atoms with Gasteiger partial charge in [-0.05, 0) is 62.3 Å². The average Bonchev–Trinajstić information content (AvgIpc) is 2.58. The molecule has 2 aromatic rings. The van der Waals surface area contributed by atoms with Gasteiger partial charge in [-0.3, -0.25) is 4.98 Å². The minimum atomic E-state index is 0.116. The second-order valence-corrected chi connectivity index (χ2v) is 7.22. The minimum Gasteiger partial charge on any atom is -0.338 e. The summed E-state index contributed by atoms with van der Waals surface area (Å²) in [4.78, 5) is 8.14. The Morgan fingerprint density at radius 3 is 2.64 bits per heavy atom. The minimum absolute atomic E-state index is 0.116. The Kier molecular flexibility index (Phi) is 6.91. The molecule has 1 aromatic carbocycles. The summed E-state index contributed by atoms with van der Waals surface area (Å²) in [5.41, 5.74) is 4.51. The molecule has 0 fully saturated rings. The predicted molar refractivity (Wildman–Crippen MR) is 109 cm³/mol. The second kappa shape index (κ2) is 8.92. The van der Waals surface area contributed by atoms with Gasteiger partial charge in [-0.15, -0.1) is 0 Å². The average molecular weight is 358 g/mol. The molecule has 0 aliphatic carbocycles. The van der Waals surface area contributed by atoms with Crippen molar-refractivity contribution in [3.8, 4) is 0 Å². The second-order valence-electron chi connectivity index (χ2n) is 6.83. The standard InChI is InChI=1S/C20H28N4S/c1-15-9-10-16(2)19(14-15)22-20(25)24(13-12-23(4)5)17(3)18-8-6-7-11-21-18/h6-11,14,17H,12-13H2,1-5H3,(H,22,25)/p+1. The summed E-state index contributed by atoms with van der Waals surface area (Å²) in [5, 5.41) is 4.19. The van der Waals surface area contributed by atoms with E-state index < -0.39 is 0 Å². The third-order valence-electron chi connectivity index (χ3n) is 4.33. The van der Waals surface area contributed by atoms with Crippen LogP contribution in [0.3, 0.4) is 0 Å². The Labute approximate surface area is 156 Å². The SMILES string of the molecule is Cc1ccc(C)c(NC(=S)N(CC[NH+](C)C)C(C)c2ccccn2)c1. The van der Waals surface area contributed by atoms with Gasteiger partial charge in [0.25, 0.3) is 0 Å². The first-order chi connectivity index (χ1) is 11.9. The third kappa shape index (κ3) is 5.51. The van der Waals surface area contributed by atoms with Crippen LogP contribution in [-0.4, -0.2) is 42.2 Å². The van der Waals surface area contributed by atoms with Crippen molar-refractivity contribution in [3.63, 3.8) is 0 Å². The number of quaternary nitrogens is 1. The van der Waals surface area contributed by atoms with Gasteiger partial charge in [-0.1, -0.05) is 18.2 Å². The number of hydrogen-bond donors (Lipinski definition) is 2. The lowest BCUT2D eigenvalue weighted by molar-refractivity contribution is -0.857. The van der Waals surface area contributed by atoms with Crippen molar-refractivity contribution in [2.24, 2.45) is 0 Å². The summed E-state index contributed by atoms with van der Waals surface area (Å²) < 4.78 is 0. The van der Waals surface area contributed by atoms with Gasteiger partial charge in [-0.25, -0.2) is 0 Å². The monoisotopic (exact) mass is 357 g/mol. The van der Waals surface area contributed by atoms with E-state index in [4.69, 9.17) is 12.2 Å². The molecule has 1 heterocycles. The molecule has 1 atom stereocenters. The Hall–Kier alpha value is -1.98. The lowest BCUT2D eigenvalue weighted by atomic mass is 10.1. The predicted octanol–water partition coefficient (Wildman–Crippen LogP) is 2.60. The van der Waals surface area contributed by atoms with Crippen LogP contribution in [0.25, 0.3) is 0 Å². The fourth-order valence-corrected chi connectivity index (χ4v) is 3.01. The van der Waals surface area contributed by atoms with Crippen molar-refractivity contribution in [1.82, 2.24) is 9.88 Å². The van der Waals surface area contributed by atoms with Gasteiger partial charge in [0.1, 0.15) is 0 Å².